The molecule has 0 aliphatic carbocycles. The maximum Gasteiger partial charge on any atom is 0.173 e. The molecule has 0 radical (unpaired) electrons. The van der Waals surface area contributed by atoms with Crippen LogP contribution in [0.2, 0.25) is 10.0 Å². The third-order valence-corrected chi connectivity index (χ3v) is 5.66. The van der Waals surface area contributed by atoms with Crippen LogP contribution in [0.3, 0.4) is 0 Å². The van der Waals surface area contributed by atoms with Crippen LogP contribution in [0.1, 0.15) is 12.0 Å². The molecule has 0 bridgehead atoms. The van der Waals surface area contributed by atoms with E-state index in [9.17, 15) is 4.39 Å². The summed E-state index contributed by atoms with van der Waals surface area (Å²) in [6.45, 7) is 5.82. The Morgan fingerprint density at radius 3 is 2.55 bits per heavy atom. The zero-order chi connectivity index (χ0) is 20.6. The maximum absolute atomic E-state index is 13.3. The van der Waals surface area contributed by atoms with Crippen molar-refractivity contribution in [2.45, 2.75) is 13.0 Å². The summed E-state index contributed by atoms with van der Waals surface area (Å²) in [5.41, 5.74) is 1.70. The molecular weight excluding hydrogens is 432 g/mol. The summed E-state index contributed by atoms with van der Waals surface area (Å²) in [6.07, 6.45) is 0.956. The molecule has 2 aromatic carbocycles. The Hall–Kier alpha value is -1.44. The lowest BCUT2D eigenvalue weighted by atomic mass is 10.2. The molecule has 1 aliphatic rings. The molecule has 0 unspecified atom stereocenters. The van der Waals surface area contributed by atoms with E-state index in [4.69, 9.17) is 40.2 Å². The molecule has 1 saturated heterocycles. The Morgan fingerprint density at radius 1 is 1.14 bits per heavy atom. The zero-order valence-corrected chi connectivity index (χ0v) is 18.4. The molecule has 156 valence electrons. The highest BCUT2D eigenvalue weighted by molar-refractivity contribution is 7.80. The fraction of sp³-hybridized carbons (Fsp3) is 0.381. The van der Waals surface area contributed by atoms with E-state index in [0.29, 0.717) is 27.4 Å². The summed E-state index contributed by atoms with van der Waals surface area (Å²) in [5.74, 6) is -0.249. The van der Waals surface area contributed by atoms with E-state index in [1.807, 2.05) is 0 Å². The van der Waals surface area contributed by atoms with Crippen LogP contribution in [0.15, 0.2) is 42.5 Å². The van der Waals surface area contributed by atoms with Gasteiger partial charge in [-0.25, -0.2) is 4.39 Å². The van der Waals surface area contributed by atoms with Gasteiger partial charge in [-0.15, -0.1) is 0 Å². The number of hydrogen-bond donors (Lipinski definition) is 1. The summed E-state index contributed by atoms with van der Waals surface area (Å²) >= 11 is 17.9. The number of rotatable bonds is 7. The van der Waals surface area contributed by atoms with Crippen molar-refractivity contribution in [3.05, 3.63) is 63.9 Å². The zero-order valence-electron chi connectivity index (χ0n) is 16.0. The SMILES string of the molecule is Fc1ccc(CN(CCCN2CCOCC2)C(=S)Nc2ccc(Cl)cc2Cl)cc1. The Bertz CT molecular complexity index is 816. The van der Waals surface area contributed by atoms with E-state index in [0.717, 1.165) is 51.4 Å². The molecular formula is C21H24Cl2FN3OS. The fourth-order valence-electron chi connectivity index (χ4n) is 3.16. The van der Waals surface area contributed by atoms with Crippen LogP contribution in [0, 0.1) is 5.82 Å². The van der Waals surface area contributed by atoms with Crippen molar-refractivity contribution in [3.8, 4) is 0 Å². The Morgan fingerprint density at radius 2 is 1.86 bits per heavy atom. The molecule has 0 saturated carbocycles. The summed E-state index contributed by atoms with van der Waals surface area (Å²) in [7, 11) is 0. The molecule has 1 aliphatic heterocycles. The number of ether oxygens (including phenoxy) is 1. The van der Waals surface area contributed by atoms with Crippen molar-refractivity contribution in [1.29, 1.82) is 0 Å². The summed E-state index contributed by atoms with van der Waals surface area (Å²) in [6, 6.07) is 11.7. The van der Waals surface area contributed by atoms with Crippen LogP contribution in [-0.4, -0.2) is 54.3 Å². The van der Waals surface area contributed by atoms with Crippen LogP contribution < -0.4 is 5.32 Å². The van der Waals surface area contributed by atoms with Crippen molar-refractivity contribution in [2.24, 2.45) is 0 Å². The van der Waals surface area contributed by atoms with Crippen LogP contribution in [0.4, 0.5) is 10.1 Å². The lowest BCUT2D eigenvalue weighted by Crippen LogP contribution is -2.40. The van der Waals surface area contributed by atoms with Gasteiger partial charge in [-0.1, -0.05) is 35.3 Å². The first-order chi connectivity index (χ1) is 14.0. The first-order valence-corrected chi connectivity index (χ1v) is 10.7. The lowest BCUT2D eigenvalue weighted by molar-refractivity contribution is 0.0368. The van der Waals surface area contributed by atoms with Crippen LogP contribution in [0.25, 0.3) is 0 Å². The molecule has 3 rings (SSSR count). The normalized spacial score (nSPS) is 14.6. The molecule has 0 spiro atoms. The van der Waals surface area contributed by atoms with E-state index in [2.05, 4.69) is 15.1 Å². The fourth-order valence-corrected chi connectivity index (χ4v) is 3.88. The second-order valence-corrected chi connectivity index (χ2v) is 8.14. The average molecular weight is 456 g/mol. The number of benzene rings is 2. The van der Waals surface area contributed by atoms with Crippen molar-refractivity contribution in [1.82, 2.24) is 9.80 Å². The van der Waals surface area contributed by atoms with Gasteiger partial charge < -0.3 is 15.0 Å². The molecule has 2 aromatic rings. The van der Waals surface area contributed by atoms with Gasteiger partial charge in [0.2, 0.25) is 0 Å². The smallest absolute Gasteiger partial charge is 0.173 e. The van der Waals surface area contributed by atoms with Gasteiger partial charge >= 0.3 is 0 Å². The molecule has 1 fully saturated rings. The van der Waals surface area contributed by atoms with Gasteiger partial charge in [0.1, 0.15) is 5.82 Å². The van der Waals surface area contributed by atoms with Gasteiger partial charge in [-0.3, -0.25) is 4.90 Å². The third-order valence-electron chi connectivity index (χ3n) is 4.75. The Balaban J connectivity index is 1.64. The molecule has 1 heterocycles. The monoisotopic (exact) mass is 455 g/mol. The van der Waals surface area contributed by atoms with Gasteiger partial charge in [0.25, 0.3) is 0 Å². The van der Waals surface area contributed by atoms with Gasteiger partial charge in [0.15, 0.2) is 5.11 Å². The largest absolute Gasteiger partial charge is 0.379 e. The minimum Gasteiger partial charge on any atom is -0.379 e. The van der Waals surface area contributed by atoms with Crippen molar-refractivity contribution >= 4 is 46.2 Å². The highest BCUT2D eigenvalue weighted by atomic mass is 35.5. The number of anilines is 1. The third kappa shape index (κ3) is 7.08. The van der Waals surface area contributed by atoms with Crippen molar-refractivity contribution in [3.63, 3.8) is 0 Å². The molecule has 1 N–H and O–H groups in total. The first-order valence-electron chi connectivity index (χ1n) is 9.57. The topological polar surface area (TPSA) is 27.7 Å². The Kier molecular flexibility index (Phi) is 8.51. The number of thiocarbonyl (C=S) groups is 1. The summed E-state index contributed by atoms with van der Waals surface area (Å²) < 4.78 is 18.7. The number of nitrogens with one attached hydrogen (secondary N) is 1. The molecule has 4 nitrogen and oxygen atoms in total. The van der Waals surface area contributed by atoms with Crippen molar-refractivity contribution < 1.29 is 9.13 Å². The van der Waals surface area contributed by atoms with Crippen molar-refractivity contribution in [2.75, 3.05) is 44.7 Å². The van der Waals surface area contributed by atoms with Crippen LogP contribution in [0.5, 0.6) is 0 Å². The quantitative estimate of drug-likeness (QED) is 0.589. The van der Waals surface area contributed by atoms with E-state index < -0.39 is 0 Å². The second-order valence-electron chi connectivity index (χ2n) is 6.91. The molecule has 0 aromatic heterocycles. The Labute approximate surface area is 186 Å². The van der Waals surface area contributed by atoms with E-state index >= 15 is 0 Å². The van der Waals surface area contributed by atoms with E-state index in [1.54, 1.807) is 30.3 Å². The lowest BCUT2D eigenvalue weighted by Gasteiger charge is -2.30. The van der Waals surface area contributed by atoms with Gasteiger partial charge in [0, 0.05) is 37.7 Å². The van der Waals surface area contributed by atoms with E-state index in [1.165, 1.54) is 12.1 Å². The molecule has 0 amide bonds. The highest BCUT2D eigenvalue weighted by Crippen LogP contribution is 2.26. The standard InChI is InChI=1S/C21H24Cl2FN3OS/c22-17-4-7-20(19(23)14-17)25-21(29)27(15-16-2-5-18(24)6-3-16)9-1-8-26-10-12-28-13-11-26/h2-7,14H,1,8-13,15H2,(H,25,29). The number of halogens is 3. The predicted molar refractivity (Wildman–Crippen MR) is 121 cm³/mol. The minimum atomic E-state index is -0.249. The predicted octanol–water partition coefficient (Wildman–Crippen LogP) is 5.05. The van der Waals surface area contributed by atoms with Crippen LogP contribution >= 0.6 is 35.4 Å². The second kappa shape index (κ2) is 11.1. The maximum atomic E-state index is 13.3. The first kappa shape index (κ1) is 22.2. The van der Waals surface area contributed by atoms with Gasteiger partial charge in [0.05, 0.1) is 23.9 Å². The number of morpholine rings is 1. The van der Waals surface area contributed by atoms with Crippen LogP contribution in [-0.2, 0) is 11.3 Å². The molecule has 29 heavy (non-hydrogen) atoms. The van der Waals surface area contributed by atoms with Gasteiger partial charge in [-0.2, -0.15) is 0 Å². The number of nitrogens with zero attached hydrogens (tertiary/aromatic N) is 2. The van der Waals surface area contributed by atoms with E-state index in [-0.39, 0.29) is 5.82 Å². The minimum absolute atomic E-state index is 0.249. The van der Waals surface area contributed by atoms with Gasteiger partial charge in [-0.05, 0) is 54.5 Å². The number of hydrogen-bond acceptors (Lipinski definition) is 3. The highest BCUT2D eigenvalue weighted by Gasteiger charge is 2.15. The average Bonchev–Trinajstić information content (AvgIpc) is 2.71. The molecule has 8 heteroatoms. The molecule has 0 atom stereocenters. The summed E-state index contributed by atoms with van der Waals surface area (Å²) in [5, 5.41) is 4.87. The summed E-state index contributed by atoms with van der Waals surface area (Å²) in [4.78, 5) is 4.47.